The van der Waals surface area contributed by atoms with E-state index in [0.717, 1.165) is 18.4 Å². The Balaban J connectivity index is 1.53. The Hall–Kier alpha value is -1.13. The van der Waals surface area contributed by atoms with E-state index in [1.54, 1.807) is 6.07 Å². The summed E-state index contributed by atoms with van der Waals surface area (Å²) in [4.78, 5) is 0. The molecule has 1 aromatic carbocycles. The third-order valence-electron chi connectivity index (χ3n) is 4.71. The summed E-state index contributed by atoms with van der Waals surface area (Å²) >= 11 is 0. The first-order chi connectivity index (χ1) is 10.2. The summed E-state index contributed by atoms with van der Waals surface area (Å²) in [5, 5.41) is 0. The molecule has 3 rings (SSSR count). The van der Waals surface area contributed by atoms with Crippen LogP contribution in [0.5, 0.6) is 5.75 Å². The van der Waals surface area contributed by atoms with Crippen molar-refractivity contribution in [3.05, 3.63) is 29.6 Å². The van der Waals surface area contributed by atoms with Gasteiger partial charge in [0.05, 0.1) is 11.7 Å². The van der Waals surface area contributed by atoms with E-state index in [1.165, 1.54) is 31.7 Å². The number of ether oxygens (including phenoxy) is 2. The van der Waals surface area contributed by atoms with Gasteiger partial charge in [0, 0.05) is 0 Å². The Morgan fingerprint density at radius 1 is 1.29 bits per heavy atom. The molecule has 3 nitrogen and oxygen atoms in total. The summed E-state index contributed by atoms with van der Waals surface area (Å²) in [7, 11) is 0. The summed E-state index contributed by atoms with van der Waals surface area (Å²) in [6.07, 6.45) is 7.82. The highest BCUT2D eigenvalue weighted by molar-refractivity contribution is 5.29. The van der Waals surface area contributed by atoms with Crippen molar-refractivity contribution in [3.63, 3.8) is 0 Å². The van der Waals surface area contributed by atoms with Crippen molar-refractivity contribution in [3.8, 4) is 5.75 Å². The zero-order chi connectivity index (χ0) is 14.7. The average Bonchev–Trinajstić information content (AvgIpc) is 3.09. The number of hydrogen-bond donors (Lipinski definition) is 1. The van der Waals surface area contributed by atoms with Gasteiger partial charge in [-0.05, 0) is 56.3 Å². The van der Waals surface area contributed by atoms with Gasteiger partial charge < -0.3 is 15.2 Å². The fourth-order valence-corrected chi connectivity index (χ4v) is 3.57. The molecule has 1 saturated carbocycles. The van der Waals surface area contributed by atoms with E-state index in [9.17, 15) is 4.39 Å². The monoisotopic (exact) mass is 293 g/mol. The van der Waals surface area contributed by atoms with Crippen LogP contribution in [0.2, 0.25) is 0 Å². The van der Waals surface area contributed by atoms with Crippen LogP contribution in [0.3, 0.4) is 0 Å². The summed E-state index contributed by atoms with van der Waals surface area (Å²) in [6, 6.07) is 5.08. The number of nitrogens with two attached hydrogens (primary N) is 1. The van der Waals surface area contributed by atoms with Crippen molar-refractivity contribution < 1.29 is 13.9 Å². The molecule has 2 fully saturated rings. The van der Waals surface area contributed by atoms with Crippen molar-refractivity contribution in [1.82, 2.24) is 0 Å². The lowest BCUT2D eigenvalue weighted by molar-refractivity contribution is -0.0512. The molecule has 1 aromatic rings. The summed E-state index contributed by atoms with van der Waals surface area (Å²) < 4.78 is 25.7. The normalized spacial score (nSPS) is 23.8. The molecule has 1 atom stereocenters. The van der Waals surface area contributed by atoms with Crippen LogP contribution in [0, 0.1) is 5.82 Å². The molecule has 1 spiro atoms. The van der Waals surface area contributed by atoms with Crippen LogP contribution in [0.4, 0.5) is 4.39 Å². The van der Waals surface area contributed by atoms with E-state index in [2.05, 4.69) is 0 Å². The molecule has 21 heavy (non-hydrogen) atoms. The predicted octanol–water partition coefficient (Wildman–Crippen LogP) is 3.20. The number of benzene rings is 1. The predicted molar refractivity (Wildman–Crippen MR) is 80.0 cm³/mol. The van der Waals surface area contributed by atoms with Crippen LogP contribution in [0.1, 0.15) is 44.1 Å². The highest BCUT2D eigenvalue weighted by Gasteiger charge is 2.42. The van der Waals surface area contributed by atoms with Crippen molar-refractivity contribution in [2.24, 2.45) is 5.73 Å². The summed E-state index contributed by atoms with van der Waals surface area (Å²) in [5.74, 6) is 0.00118. The minimum Gasteiger partial charge on any atom is -0.488 e. The van der Waals surface area contributed by atoms with E-state index in [4.69, 9.17) is 15.2 Å². The van der Waals surface area contributed by atoms with Crippen LogP contribution in [-0.4, -0.2) is 24.9 Å². The van der Waals surface area contributed by atoms with E-state index < -0.39 is 0 Å². The van der Waals surface area contributed by atoms with Gasteiger partial charge in [-0.3, -0.25) is 0 Å². The van der Waals surface area contributed by atoms with Gasteiger partial charge in [-0.1, -0.05) is 18.9 Å². The Morgan fingerprint density at radius 3 is 2.81 bits per heavy atom. The average molecular weight is 293 g/mol. The van der Waals surface area contributed by atoms with Crippen LogP contribution < -0.4 is 10.5 Å². The van der Waals surface area contributed by atoms with E-state index in [1.807, 2.05) is 6.07 Å². The molecule has 0 radical (unpaired) electrons. The van der Waals surface area contributed by atoms with Gasteiger partial charge in [-0.15, -0.1) is 0 Å². The topological polar surface area (TPSA) is 44.5 Å². The summed E-state index contributed by atoms with van der Waals surface area (Å²) in [5.41, 5.74) is 6.49. The zero-order valence-electron chi connectivity index (χ0n) is 12.4. The minimum atomic E-state index is -0.311. The van der Waals surface area contributed by atoms with Crippen LogP contribution in [0.15, 0.2) is 18.2 Å². The molecule has 0 aromatic heterocycles. The third kappa shape index (κ3) is 3.38. The molecule has 1 aliphatic carbocycles. The molecule has 2 N–H and O–H groups in total. The van der Waals surface area contributed by atoms with Gasteiger partial charge in [-0.2, -0.15) is 0 Å². The maximum Gasteiger partial charge on any atom is 0.165 e. The molecule has 1 saturated heterocycles. The lowest BCUT2D eigenvalue weighted by Crippen LogP contribution is -2.27. The van der Waals surface area contributed by atoms with E-state index in [-0.39, 0.29) is 17.5 Å². The first-order valence-corrected chi connectivity index (χ1v) is 8.00. The van der Waals surface area contributed by atoms with Gasteiger partial charge >= 0.3 is 0 Å². The first kappa shape index (κ1) is 14.8. The maximum absolute atomic E-state index is 13.9. The van der Waals surface area contributed by atoms with Crippen LogP contribution in [0.25, 0.3) is 0 Å². The Kier molecular flexibility index (Phi) is 4.45. The Labute approximate surface area is 125 Å². The van der Waals surface area contributed by atoms with Crippen molar-refractivity contribution >= 4 is 0 Å². The number of halogens is 1. The van der Waals surface area contributed by atoms with Crippen molar-refractivity contribution in [1.29, 1.82) is 0 Å². The standard InChI is InChI=1S/C17H24FNO2/c18-15-11-13(6-10-19)3-4-16(15)20-12-14-5-9-17(21-14)7-1-2-8-17/h3-4,11,14H,1-2,5-10,12,19H2. The molecule has 0 bridgehead atoms. The lowest BCUT2D eigenvalue weighted by atomic mass is 9.98. The van der Waals surface area contributed by atoms with E-state index in [0.29, 0.717) is 25.3 Å². The molecule has 0 amide bonds. The Bertz CT molecular complexity index is 486. The largest absolute Gasteiger partial charge is 0.488 e. The molecule has 4 heteroatoms. The number of hydrogen-bond acceptors (Lipinski definition) is 3. The quantitative estimate of drug-likeness (QED) is 0.906. The highest BCUT2D eigenvalue weighted by Crippen LogP contribution is 2.43. The van der Waals surface area contributed by atoms with E-state index >= 15 is 0 Å². The molecular formula is C17H24FNO2. The van der Waals surface area contributed by atoms with Gasteiger partial charge in [0.2, 0.25) is 0 Å². The summed E-state index contributed by atoms with van der Waals surface area (Å²) in [6.45, 7) is 0.965. The smallest absolute Gasteiger partial charge is 0.165 e. The molecule has 116 valence electrons. The van der Waals surface area contributed by atoms with Crippen LogP contribution in [-0.2, 0) is 11.2 Å². The molecule has 2 aliphatic rings. The fourth-order valence-electron chi connectivity index (χ4n) is 3.57. The van der Waals surface area contributed by atoms with Crippen molar-refractivity contribution in [2.75, 3.05) is 13.2 Å². The molecule has 1 unspecified atom stereocenters. The molecule has 1 heterocycles. The number of rotatable bonds is 5. The van der Waals surface area contributed by atoms with Gasteiger partial charge in [0.25, 0.3) is 0 Å². The zero-order valence-corrected chi connectivity index (χ0v) is 12.4. The van der Waals surface area contributed by atoms with Gasteiger partial charge in [0.15, 0.2) is 11.6 Å². The second-order valence-corrected chi connectivity index (χ2v) is 6.28. The highest BCUT2D eigenvalue weighted by atomic mass is 19.1. The van der Waals surface area contributed by atoms with Gasteiger partial charge in [-0.25, -0.2) is 4.39 Å². The minimum absolute atomic E-state index is 0.103. The van der Waals surface area contributed by atoms with Crippen molar-refractivity contribution in [2.45, 2.75) is 56.7 Å². The van der Waals surface area contributed by atoms with Gasteiger partial charge in [0.1, 0.15) is 6.61 Å². The lowest BCUT2D eigenvalue weighted by Gasteiger charge is -2.23. The molecule has 1 aliphatic heterocycles. The Morgan fingerprint density at radius 2 is 2.10 bits per heavy atom. The van der Waals surface area contributed by atoms with Crippen LogP contribution >= 0.6 is 0 Å². The second kappa shape index (κ2) is 6.32. The SMILES string of the molecule is NCCc1ccc(OCC2CCC3(CCCC3)O2)c(F)c1. The molecular weight excluding hydrogens is 269 g/mol. The third-order valence-corrected chi connectivity index (χ3v) is 4.71. The second-order valence-electron chi connectivity index (χ2n) is 6.28. The maximum atomic E-state index is 13.9. The fraction of sp³-hybridized carbons (Fsp3) is 0.647. The first-order valence-electron chi connectivity index (χ1n) is 8.00.